The molecule has 2 heterocycles. The predicted octanol–water partition coefficient (Wildman–Crippen LogP) is 4.55. The van der Waals surface area contributed by atoms with Crippen molar-refractivity contribution in [3.63, 3.8) is 0 Å². The minimum atomic E-state index is -3.76. The first-order valence-corrected chi connectivity index (χ1v) is 12.2. The van der Waals surface area contributed by atoms with Gasteiger partial charge in [-0.2, -0.15) is 0 Å². The molecule has 1 aliphatic heterocycles. The molecule has 0 spiro atoms. The molecule has 0 saturated heterocycles. The monoisotopic (exact) mass is 456 g/mol. The van der Waals surface area contributed by atoms with Crippen LogP contribution < -0.4 is 4.74 Å². The SMILES string of the molecule is CC(c1ccc(OCC2CC(F)(F)C2)nc1)N1CCc2ccc(S(=O)(=O)Cl)cc2C1. The molecule has 0 bridgehead atoms. The molecular formula is C21H23ClF2N2O3S. The molecule has 1 atom stereocenters. The third kappa shape index (κ3) is 4.76. The Labute approximate surface area is 179 Å². The van der Waals surface area contributed by atoms with Crippen molar-refractivity contribution in [1.29, 1.82) is 0 Å². The van der Waals surface area contributed by atoms with Gasteiger partial charge in [0.05, 0.1) is 11.5 Å². The Kier molecular flexibility index (Phi) is 5.76. The van der Waals surface area contributed by atoms with Crippen molar-refractivity contribution in [3.8, 4) is 5.88 Å². The van der Waals surface area contributed by atoms with Crippen LogP contribution in [0.5, 0.6) is 5.88 Å². The Morgan fingerprint density at radius 3 is 2.67 bits per heavy atom. The Morgan fingerprint density at radius 2 is 2.03 bits per heavy atom. The van der Waals surface area contributed by atoms with Crippen LogP contribution in [-0.4, -0.2) is 37.4 Å². The summed E-state index contributed by atoms with van der Waals surface area (Å²) >= 11 is 0. The third-order valence-corrected chi connectivity index (χ3v) is 7.28. The summed E-state index contributed by atoms with van der Waals surface area (Å²) in [5.41, 5.74) is 3.09. The van der Waals surface area contributed by atoms with Gasteiger partial charge in [0.15, 0.2) is 0 Å². The Hall–Kier alpha value is -1.77. The highest BCUT2D eigenvalue weighted by atomic mass is 35.7. The van der Waals surface area contributed by atoms with Gasteiger partial charge in [-0.25, -0.2) is 22.2 Å². The molecule has 0 N–H and O–H groups in total. The maximum Gasteiger partial charge on any atom is 0.261 e. The number of nitrogens with zero attached hydrogens (tertiary/aromatic N) is 2. The van der Waals surface area contributed by atoms with Crippen LogP contribution in [0.25, 0.3) is 0 Å². The molecule has 1 saturated carbocycles. The van der Waals surface area contributed by atoms with Crippen molar-refractivity contribution in [2.24, 2.45) is 5.92 Å². The molecule has 30 heavy (non-hydrogen) atoms. The molecule has 1 aromatic heterocycles. The van der Waals surface area contributed by atoms with Gasteiger partial charge in [-0.15, -0.1) is 0 Å². The quantitative estimate of drug-likeness (QED) is 0.597. The van der Waals surface area contributed by atoms with E-state index in [0.717, 1.165) is 29.7 Å². The number of aromatic nitrogens is 1. The fraction of sp³-hybridized carbons (Fsp3) is 0.476. The topological polar surface area (TPSA) is 59.5 Å². The number of halogens is 3. The molecule has 2 aromatic rings. The fourth-order valence-electron chi connectivity index (χ4n) is 4.08. The van der Waals surface area contributed by atoms with Crippen molar-refractivity contribution in [2.45, 2.75) is 49.6 Å². The van der Waals surface area contributed by atoms with Crippen LogP contribution in [-0.2, 0) is 22.0 Å². The number of pyridine rings is 1. The first-order chi connectivity index (χ1) is 14.1. The second-order valence-electron chi connectivity index (χ2n) is 8.14. The van der Waals surface area contributed by atoms with Crippen LogP contribution in [0, 0.1) is 5.92 Å². The van der Waals surface area contributed by atoms with Gasteiger partial charge < -0.3 is 4.74 Å². The third-order valence-electron chi connectivity index (χ3n) is 5.93. The molecule has 9 heteroatoms. The molecule has 1 unspecified atom stereocenters. The first kappa shape index (κ1) is 21.5. The van der Waals surface area contributed by atoms with Gasteiger partial charge in [0.2, 0.25) is 11.8 Å². The predicted molar refractivity (Wildman–Crippen MR) is 109 cm³/mol. The molecule has 0 radical (unpaired) electrons. The molecule has 1 fully saturated rings. The van der Waals surface area contributed by atoms with Crippen LogP contribution in [0.4, 0.5) is 8.78 Å². The number of ether oxygens (including phenoxy) is 1. The van der Waals surface area contributed by atoms with Crippen molar-refractivity contribution >= 4 is 19.7 Å². The highest BCUT2D eigenvalue weighted by molar-refractivity contribution is 8.13. The zero-order valence-electron chi connectivity index (χ0n) is 16.5. The lowest BCUT2D eigenvalue weighted by Gasteiger charge is -2.34. The molecule has 1 aromatic carbocycles. The van der Waals surface area contributed by atoms with E-state index in [2.05, 4.69) is 16.8 Å². The highest BCUT2D eigenvalue weighted by Crippen LogP contribution is 2.42. The van der Waals surface area contributed by atoms with Crippen molar-refractivity contribution in [3.05, 3.63) is 53.2 Å². The molecular weight excluding hydrogens is 434 g/mol. The lowest BCUT2D eigenvalue weighted by atomic mass is 9.82. The number of rotatable bonds is 6. The van der Waals surface area contributed by atoms with E-state index in [9.17, 15) is 17.2 Å². The van der Waals surface area contributed by atoms with Gasteiger partial charge >= 0.3 is 0 Å². The Bertz CT molecular complexity index is 1020. The zero-order chi connectivity index (χ0) is 21.5. The fourth-order valence-corrected chi connectivity index (χ4v) is 4.88. The average molecular weight is 457 g/mol. The number of fused-ring (bicyclic) bond motifs is 1. The van der Waals surface area contributed by atoms with Crippen molar-refractivity contribution in [1.82, 2.24) is 9.88 Å². The number of hydrogen-bond acceptors (Lipinski definition) is 5. The highest BCUT2D eigenvalue weighted by Gasteiger charge is 2.45. The summed E-state index contributed by atoms with van der Waals surface area (Å²) in [6.07, 6.45) is 2.32. The second kappa shape index (κ2) is 8.05. The minimum absolute atomic E-state index is 0.0706. The average Bonchev–Trinajstić information content (AvgIpc) is 2.69. The maximum absolute atomic E-state index is 12.9. The molecule has 162 valence electrons. The van der Waals surface area contributed by atoms with E-state index in [1.165, 1.54) is 0 Å². The van der Waals surface area contributed by atoms with E-state index in [4.69, 9.17) is 15.4 Å². The smallest absolute Gasteiger partial charge is 0.261 e. The Morgan fingerprint density at radius 1 is 1.27 bits per heavy atom. The van der Waals surface area contributed by atoms with Gasteiger partial charge in [-0.3, -0.25) is 4.90 Å². The summed E-state index contributed by atoms with van der Waals surface area (Å²) in [5, 5.41) is 0. The van der Waals surface area contributed by atoms with E-state index in [0.29, 0.717) is 12.4 Å². The van der Waals surface area contributed by atoms with Gasteiger partial charge in [-0.1, -0.05) is 12.1 Å². The number of benzene rings is 1. The Balaban J connectivity index is 1.38. The first-order valence-electron chi connectivity index (χ1n) is 9.88. The van der Waals surface area contributed by atoms with Gasteiger partial charge in [-0.05, 0) is 42.2 Å². The van der Waals surface area contributed by atoms with Crippen LogP contribution in [0.1, 0.15) is 42.5 Å². The largest absolute Gasteiger partial charge is 0.477 e. The molecule has 4 rings (SSSR count). The molecule has 5 nitrogen and oxygen atoms in total. The van der Waals surface area contributed by atoms with Crippen LogP contribution >= 0.6 is 10.7 Å². The van der Waals surface area contributed by atoms with Gasteiger partial charge in [0.25, 0.3) is 9.05 Å². The number of hydrogen-bond donors (Lipinski definition) is 0. The summed E-state index contributed by atoms with van der Waals surface area (Å²) in [5.74, 6) is -2.22. The van der Waals surface area contributed by atoms with E-state index < -0.39 is 15.0 Å². The zero-order valence-corrected chi connectivity index (χ0v) is 18.1. The molecule has 2 aliphatic rings. The van der Waals surface area contributed by atoms with Gasteiger partial charge in [0.1, 0.15) is 0 Å². The summed E-state index contributed by atoms with van der Waals surface area (Å²) < 4.78 is 54.6. The standard InChI is InChI=1S/C21H23ClF2N2O3S/c1-14(17-3-5-20(25-11-17)29-13-15-9-21(23,24)10-15)26-7-6-16-2-4-19(30(22,27)28)8-18(16)12-26/h2-5,8,11,14-15H,6-7,9-10,12-13H2,1H3. The lowest BCUT2D eigenvalue weighted by Crippen LogP contribution is -2.38. The summed E-state index contributed by atoms with van der Waals surface area (Å²) in [7, 11) is 1.73. The van der Waals surface area contributed by atoms with E-state index in [1.807, 2.05) is 12.1 Å². The van der Waals surface area contributed by atoms with E-state index in [1.54, 1.807) is 24.4 Å². The van der Waals surface area contributed by atoms with Crippen LogP contribution in [0.2, 0.25) is 0 Å². The van der Waals surface area contributed by atoms with E-state index >= 15 is 0 Å². The summed E-state index contributed by atoms with van der Waals surface area (Å²) in [6.45, 7) is 3.79. The maximum atomic E-state index is 12.9. The second-order valence-corrected chi connectivity index (χ2v) is 10.7. The van der Waals surface area contributed by atoms with E-state index in [-0.39, 0.29) is 36.3 Å². The summed E-state index contributed by atoms with van der Waals surface area (Å²) in [4.78, 5) is 6.69. The lowest BCUT2D eigenvalue weighted by molar-refractivity contribution is -0.119. The van der Waals surface area contributed by atoms with Gasteiger partial charge in [0, 0.05) is 60.8 Å². The molecule has 1 aliphatic carbocycles. The van der Waals surface area contributed by atoms with Crippen LogP contribution in [0.15, 0.2) is 41.4 Å². The van der Waals surface area contributed by atoms with Crippen LogP contribution in [0.3, 0.4) is 0 Å². The van der Waals surface area contributed by atoms with Crippen molar-refractivity contribution < 1.29 is 21.9 Å². The summed E-state index contributed by atoms with van der Waals surface area (Å²) in [6, 6.07) is 8.79. The van der Waals surface area contributed by atoms with Crippen molar-refractivity contribution in [2.75, 3.05) is 13.2 Å². The minimum Gasteiger partial charge on any atom is -0.477 e. The number of alkyl halides is 2. The molecule has 0 amide bonds. The normalized spacial score (nSPS) is 20.3.